The number of methoxy groups -OCH3 is 1. The van der Waals surface area contributed by atoms with Gasteiger partial charge in [-0.2, -0.15) is 0 Å². The number of carbonyl (C=O) groups excluding carboxylic acids is 2. The van der Waals surface area contributed by atoms with Crippen molar-refractivity contribution in [2.24, 2.45) is 0 Å². The molecule has 1 aliphatic heterocycles. The molecule has 7 N–H and O–H groups in total. The number of nitrogens with one attached hydrogen (secondary N) is 5. The van der Waals surface area contributed by atoms with Gasteiger partial charge in [-0.1, -0.05) is 78.9 Å². The van der Waals surface area contributed by atoms with Crippen LogP contribution in [0.4, 0.5) is 16.2 Å². The maximum absolute atomic E-state index is 14.0. The van der Waals surface area contributed by atoms with E-state index in [1.807, 2.05) is 84.9 Å². The molecule has 48 heavy (non-hydrogen) atoms. The molecule has 5 rings (SSSR count). The largest absolute Gasteiger partial charge is 0.453 e. The van der Waals surface area contributed by atoms with Gasteiger partial charge in [-0.05, 0) is 59.9 Å². The number of rotatable bonds is 13. The van der Waals surface area contributed by atoms with E-state index in [4.69, 9.17) is 10.5 Å². The van der Waals surface area contributed by atoms with Crippen LogP contribution < -0.4 is 31.7 Å². The molecule has 0 saturated carbocycles. The van der Waals surface area contributed by atoms with Gasteiger partial charge in [-0.25, -0.2) is 17.9 Å². The summed E-state index contributed by atoms with van der Waals surface area (Å²) >= 11 is 0. The Kier molecular flexibility index (Phi) is 11.8. The predicted octanol–water partition coefficient (Wildman–Crippen LogP) is 3.61. The van der Waals surface area contributed by atoms with Crippen molar-refractivity contribution < 1.29 is 22.7 Å². The molecular formula is C36H42N6O5S. The molecular weight excluding hydrogens is 628 g/mol. The number of anilines is 2. The fraction of sp³-hybridized carbons (Fsp3) is 0.278. The number of alkyl carbamates (subject to hydrolysis) is 1. The average Bonchev–Trinajstić information content (AvgIpc) is 3.11. The average molecular weight is 671 g/mol. The van der Waals surface area contributed by atoms with Crippen LogP contribution in [0.5, 0.6) is 0 Å². The first-order valence-corrected chi connectivity index (χ1v) is 17.4. The van der Waals surface area contributed by atoms with Gasteiger partial charge in [0.1, 0.15) is 6.04 Å². The van der Waals surface area contributed by atoms with E-state index in [2.05, 4.69) is 26.0 Å². The van der Waals surface area contributed by atoms with Crippen LogP contribution in [0.25, 0.3) is 0 Å². The van der Waals surface area contributed by atoms with Crippen molar-refractivity contribution >= 4 is 33.4 Å². The standard InChI is InChI=1S/C36H42N6O5S/c1-47-36(44)42-34(33(26-11-4-2-5-12-26)27-13-6-3-7-14-27)35(43)41-32-15-9-8-10-25(32)16-19-29-22-39-30(23-38-29)24-40-48(45,46)31-20-17-28(37)18-21-31/h2-15,17-18,20-21,29-30,33-34,38-40H,16,19,22-24,37H2,1H3,(H,41,43)(H,42,44)/t29-,30+,34?/m1/s1. The van der Waals surface area contributed by atoms with Crippen molar-refractivity contribution in [3.8, 4) is 0 Å². The summed E-state index contributed by atoms with van der Waals surface area (Å²) in [5.74, 6) is -0.840. The second-order valence-corrected chi connectivity index (χ2v) is 13.5. The number of nitrogens with two attached hydrogens (primary N) is 1. The van der Waals surface area contributed by atoms with Crippen LogP contribution >= 0.6 is 0 Å². The third kappa shape index (κ3) is 9.20. The first-order chi connectivity index (χ1) is 23.2. The van der Waals surface area contributed by atoms with Gasteiger partial charge < -0.3 is 31.7 Å². The Morgan fingerprint density at radius 3 is 2.02 bits per heavy atom. The van der Waals surface area contributed by atoms with Crippen molar-refractivity contribution in [3.05, 3.63) is 126 Å². The second-order valence-electron chi connectivity index (χ2n) is 11.7. The summed E-state index contributed by atoms with van der Waals surface area (Å²) in [5, 5.41) is 12.8. The summed E-state index contributed by atoms with van der Waals surface area (Å²) in [6, 6.07) is 32.1. The van der Waals surface area contributed by atoms with Gasteiger partial charge in [0, 0.05) is 49.0 Å². The minimum Gasteiger partial charge on any atom is -0.453 e. The van der Waals surface area contributed by atoms with Crippen LogP contribution in [0.2, 0.25) is 0 Å². The van der Waals surface area contributed by atoms with Crippen LogP contribution in [0.1, 0.15) is 29.0 Å². The summed E-state index contributed by atoms with van der Waals surface area (Å²) in [4.78, 5) is 26.7. The normalized spacial score (nSPS) is 17.0. The number of ether oxygens (including phenoxy) is 1. The number of aryl methyl sites for hydroxylation is 1. The van der Waals surface area contributed by atoms with Gasteiger partial charge in [0.15, 0.2) is 0 Å². The van der Waals surface area contributed by atoms with E-state index in [1.165, 1.54) is 19.2 Å². The lowest BCUT2D eigenvalue weighted by Crippen LogP contribution is -2.57. The molecule has 3 atom stereocenters. The van der Waals surface area contributed by atoms with E-state index in [0.717, 1.165) is 23.1 Å². The van der Waals surface area contributed by atoms with Crippen molar-refractivity contribution in [2.75, 3.05) is 37.8 Å². The molecule has 252 valence electrons. The quantitative estimate of drug-likeness (QED) is 0.118. The van der Waals surface area contributed by atoms with E-state index >= 15 is 0 Å². The maximum Gasteiger partial charge on any atom is 0.407 e. The van der Waals surface area contributed by atoms with Gasteiger partial charge in [-0.3, -0.25) is 4.79 Å². The van der Waals surface area contributed by atoms with E-state index in [9.17, 15) is 18.0 Å². The molecule has 0 radical (unpaired) electrons. The SMILES string of the molecule is COC(=O)NC(C(=O)Nc1ccccc1CC[C@@H]1CN[C@H](CNS(=O)(=O)c2ccc(N)cc2)CN1)C(c1ccccc1)c1ccccc1. The monoisotopic (exact) mass is 670 g/mol. The van der Waals surface area contributed by atoms with Crippen molar-refractivity contribution in [3.63, 3.8) is 0 Å². The topological polar surface area (TPSA) is 164 Å². The molecule has 4 aromatic rings. The number of hydrogen-bond acceptors (Lipinski definition) is 8. The molecule has 1 fully saturated rings. The van der Waals surface area contributed by atoms with Gasteiger partial charge in [-0.15, -0.1) is 0 Å². The highest BCUT2D eigenvalue weighted by atomic mass is 32.2. The number of amides is 2. The maximum atomic E-state index is 14.0. The van der Waals surface area contributed by atoms with Gasteiger partial charge in [0.25, 0.3) is 0 Å². The summed E-state index contributed by atoms with van der Waals surface area (Å²) in [7, 11) is -2.37. The summed E-state index contributed by atoms with van der Waals surface area (Å²) in [5.41, 5.74) is 9.55. The summed E-state index contributed by atoms with van der Waals surface area (Å²) in [6.07, 6.45) is 0.761. The highest BCUT2D eigenvalue weighted by Gasteiger charge is 2.33. The van der Waals surface area contributed by atoms with E-state index < -0.39 is 28.1 Å². The second kappa shape index (κ2) is 16.4. The summed E-state index contributed by atoms with van der Waals surface area (Å²) < 4.78 is 32.9. The zero-order chi connectivity index (χ0) is 33.9. The molecule has 4 aromatic carbocycles. The zero-order valence-corrected chi connectivity index (χ0v) is 27.6. The predicted molar refractivity (Wildman–Crippen MR) is 187 cm³/mol. The molecule has 1 saturated heterocycles. The van der Waals surface area contributed by atoms with Gasteiger partial charge >= 0.3 is 6.09 Å². The Labute approximate surface area is 281 Å². The lowest BCUT2D eigenvalue weighted by Gasteiger charge is -2.31. The third-order valence-electron chi connectivity index (χ3n) is 8.45. The smallest absolute Gasteiger partial charge is 0.407 e. The van der Waals surface area contributed by atoms with Crippen LogP contribution in [-0.2, 0) is 26.0 Å². The number of nitrogen functional groups attached to an aromatic ring is 1. The van der Waals surface area contributed by atoms with Gasteiger partial charge in [0.05, 0.1) is 12.0 Å². The molecule has 1 heterocycles. The van der Waals surface area contributed by atoms with Crippen LogP contribution in [0.15, 0.2) is 114 Å². The highest BCUT2D eigenvalue weighted by molar-refractivity contribution is 7.89. The van der Waals surface area contributed by atoms with E-state index in [-0.39, 0.29) is 29.4 Å². The number of benzene rings is 4. The Hall–Kier alpha value is -4.75. The lowest BCUT2D eigenvalue weighted by atomic mass is 9.84. The molecule has 1 unspecified atom stereocenters. The molecule has 2 amide bonds. The molecule has 0 bridgehead atoms. The molecule has 11 nitrogen and oxygen atoms in total. The molecule has 0 aliphatic carbocycles. The Bertz CT molecular complexity index is 1710. The molecule has 0 spiro atoms. The number of hydrogen-bond donors (Lipinski definition) is 6. The number of sulfonamides is 1. The third-order valence-corrected chi connectivity index (χ3v) is 9.88. The Morgan fingerprint density at radius 1 is 0.833 bits per heavy atom. The molecule has 0 aromatic heterocycles. The van der Waals surface area contributed by atoms with Gasteiger partial charge in [0.2, 0.25) is 15.9 Å². The fourth-order valence-electron chi connectivity index (χ4n) is 5.84. The minimum atomic E-state index is -3.64. The first-order valence-electron chi connectivity index (χ1n) is 15.9. The first kappa shape index (κ1) is 34.6. The molecule has 1 aliphatic rings. The fourth-order valence-corrected chi connectivity index (χ4v) is 6.92. The number of carbonyl (C=O) groups is 2. The van der Waals surface area contributed by atoms with Crippen molar-refractivity contribution in [2.45, 2.75) is 41.8 Å². The zero-order valence-electron chi connectivity index (χ0n) is 26.8. The van der Waals surface area contributed by atoms with Crippen molar-refractivity contribution in [1.82, 2.24) is 20.7 Å². The van der Waals surface area contributed by atoms with Crippen molar-refractivity contribution in [1.29, 1.82) is 0 Å². The highest BCUT2D eigenvalue weighted by Crippen LogP contribution is 2.30. The number of para-hydroxylation sites is 1. The van der Waals surface area contributed by atoms with E-state index in [0.29, 0.717) is 30.9 Å². The Morgan fingerprint density at radius 2 is 1.42 bits per heavy atom. The molecule has 12 heteroatoms. The van der Waals surface area contributed by atoms with Crippen LogP contribution in [0, 0.1) is 0 Å². The van der Waals surface area contributed by atoms with Crippen LogP contribution in [0.3, 0.4) is 0 Å². The number of piperazine rings is 1. The minimum absolute atomic E-state index is 0.0715. The van der Waals surface area contributed by atoms with Crippen LogP contribution in [-0.4, -0.2) is 65.3 Å². The Balaban J connectivity index is 1.21. The lowest BCUT2D eigenvalue weighted by molar-refractivity contribution is -0.118. The summed E-state index contributed by atoms with van der Waals surface area (Å²) in [6.45, 7) is 1.49. The van der Waals surface area contributed by atoms with E-state index in [1.54, 1.807) is 12.1 Å².